The monoisotopic (exact) mass is 477 g/mol. The minimum Gasteiger partial charge on any atom is -0.472 e. The molecule has 0 unspecified atom stereocenters. The molecular weight excluding hydrogens is 473 g/mol. The number of nitro groups is 1. The molecule has 0 radical (unpaired) electrons. The topological polar surface area (TPSA) is 52.4 Å². The first kappa shape index (κ1) is 16.8. The largest absolute Gasteiger partial charge is 0.472 e. The summed E-state index contributed by atoms with van der Waals surface area (Å²) in [5.74, 6) is 0.500. The van der Waals surface area contributed by atoms with Crippen LogP contribution < -0.4 is 4.74 Å². The molecule has 4 nitrogen and oxygen atoms in total. The summed E-state index contributed by atoms with van der Waals surface area (Å²) < 4.78 is 7.35. The summed E-state index contributed by atoms with van der Waals surface area (Å²) in [6.45, 7) is 0. The van der Waals surface area contributed by atoms with E-state index >= 15 is 0 Å². The van der Waals surface area contributed by atoms with Gasteiger partial charge in [-0.25, -0.2) is 0 Å². The van der Waals surface area contributed by atoms with E-state index in [0.717, 1.165) is 4.47 Å². The van der Waals surface area contributed by atoms with Gasteiger partial charge in [0.1, 0.15) is 5.75 Å². The number of benzene rings is 2. The van der Waals surface area contributed by atoms with E-state index in [9.17, 15) is 10.1 Å². The number of rotatable bonds is 2. The first-order valence-corrected chi connectivity index (χ1v) is 8.68. The van der Waals surface area contributed by atoms with E-state index in [-0.39, 0.29) is 5.70 Å². The Labute approximate surface area is 158 Å². The van der Waals surface area contributed by atoms with Crippen LogP contribution in [0.1, 0.15) is 17.2 Å². The van der Waals surface area contributed by atoms with Crippen molar-refractivity contribution < 1.29 is 9.66 Å². The summed E-state index contributed by atoms with van der Waals surface area (Å²) in [7, 11) is 0. The van der Waals surface area contributed by atoms with Crippen LogP contribution in [0.25, 0.3) is 6.08 Å². The van der Waals surface area contributed by atoms with Crippen molar-refractivity contribution in [2.45, 2.75) is 6.10 Å². The van der Waals surface area contributed by atoms with Crippen LogP contribution in [0.3, 0.4) is 0 Å². The fraction of sp³-hybridized carbons (Fsp3) is 0.0667. The third-order valence-corrected chi connectivity index (χ3v) is 5.02. The fourth-order valence-electron chi connectivity index (χ4n) is 2.34. The van der Waals surface area contributed by atoms with Gasteiger partial charge in [-0.1, -0.05) is 45.2 Å². The van der Waals surface area contributed by atoms with E-state index in [2.05, 4.69) is 31.9 Å². The lowest BCUT2D eigenvalue weighted by atomic mass is 10.0. The number of ether oxygens (including phenoxy) is 1. The smallest absolute Gasteiger partial charge is 0.291 e. The highest BCUT2D eigenvalue weighted by atomic mass is 79.9. The van der Waals surface area contributed by atoms with Crippen LogP contribution in [-0.2, 0) is 0 Å². The summed E-state index contributed by atoms with van der Waals surface area (Å²) in [6, 6.07) is 8.46. The molecule has 0 saturated heterocycles. The standard InChI is InChI=1S/C15H7Br2Cl2NO3/c16-8-4-7-5-12(20(21)22)15(23-14(7)9(17)6-8)13-10(18)2-1-3-11(13)19/h1-6,15H/t15-/m0/s1. The molecule has 1 aliphatic rings. The summed E-state index contributed by atoms with van der Waals surface area (Å²) in [5, 5.41) is 12.1. The van der Waals surface area contributed by atoms with Crippen LogP contribution in [-0.4, -0.2) is 4.92 Å². The zero-order chi connectivity index (χ0) is 16.7. The van der Waals surface area contributed by atoms with Gasteiger partial charge >= 0.3 is 0 Å². The van der Waals surface area contributed by atoms with E-state index in [1.807, 2.05) is 0 Å². The number of hydrogen-bond donors (Lipinski definition) is 0. The molecule has 23 heavy (non-hydrogen) atoms. The third-order valence-electron chi connectivity index (χ3n) is 3.32. The highest BCUT2D eigenvalue weighted by molar-refractivity contribution is 9.11. The molecule has 0 N–H and O–H groups in total. The second-order valence-corrected chi connectivity index (χ2v) is 7.35. The summed E-state index contributed by atoms with van der Waals surface area (Å²) >= 11 is 19.1. The third kappa shape index (κ3) is 3.13. The molecule has 8 heteroatoms. The van der Waals surface area contributed by atoms with E-state index < -0.39 is 11.0 Å². The number of hydrogen-bond acceptors (Lipinski definition) is 3. The summed E-state index contributed by atoms with van der Waals surface area (Å²) in [4.78, 5) is 11.0. The molecule has 118 valence electrons. The zero-order valence-corrected chi connectivity index (χ0v) is 15.9. The Bertz CT molecular complexity index is 835. The molecule has 1 heterocycles. The summed E-state index contributed by atoms with van der Waals surface area (Å²) in [6.07, 6.45) is 0.481. The zero-order valence-electron chi connectivity index (χ0n) is 11.2. The first-order chi connectivity index (χ1) is 10.9. The second kappa shape index (κ2) is 6.43. The average Bonchev–Trinajstić information content (AvgIpc) is 2.46. The molecule has 0 amide bonds. The maximum atomic E-state index is 11.5. The average molecular weight is 480 g/mol. The highest BCUT2D eigenvalue weighted by Crippen LogP contribution is 2.45. The Kier molecular flexibility index (Phi) is 4.69. The molecule has 0 fully saturated rings. The lowest BCUT2D eigenvalue weighted by Gasteiger charge is -2.25. The number of halogens is 4. The number of nitrogens with zero attached hydrogens (tertiary/aromatic N) is 1. The molecule has 2 aromatic carbocycles. The van der Waals surface area contributed by atoms with Crippen molar-refractivity contribution in [1.29, 1.82) is 0 Å². The minimum absolute atomic E-state index is 0.127. The van der Waals surface area contributed by atoms with E-state index in [1.54, 1.807) is 30.3 Å². The molecule has 0 saturated carbocycles. The minimum atomic E-state index is -0.990. The van der Waals surface area contributed by atoms with Crippen molar-refractivity contribution in [1.82, 2.24) is 0 Å². The Morgan fingerprint density at radius 3 is 2.43 bits per heavy atom. The molecule has 1 atom stereocenters. The molecule has 0 aliphatic carbocycles. The Morgan fingerprint density at radius 1 is 1.17 bits per heavy atom. The Morgan fingerprint density at radius 2 is 1.83 bits per heavy atom. The van der Waals surface area contributed by atoms with Gasteiger partial charge in [0.25, 0.3) is 5.70 Å². The van der Waals surface area contributed by atoms with Crippen molar-refractivity contribution in [3.05, 3.63) is 76.3 Å². The maximum absolute atomic E-state index is 11.5. The van der Waals surface area contributed by atoms with Gasteiger partial charge in [0.05, 0.1) is 9.40 Å². The number of fused-ring (bicyclic) bond motifs is 1. The van der Waals surface area contributed by atoms with Crippen LogP contribution in [0.2, 0.25) is 10.0 Å². The summed E-state index contributed by atoms with van der Waals surface area (Å²) in [5.41, 5.74) is 0.842. The SMILES string of the molecule is O=[N+]([O-])C1=Cc2cc(Br)cc(Br)c2O[C@@H]1c1c(Cl)cccc1Cl. The van der Waals surface area contributed by atoms with Gasteiger partial charge in [0, 0.05) is 31.7 Å². The van der Waals surface area contributed by atoms with Gasteiger partial charge < -0.3 is 4.74 Å². The fourth-order valence-corrected chi connectivity index (χ4v) is 4.29. The predicted molar refractivity (Wildman–Crippen MR) is 96.6 cm³/mol. The van der Waals surface area contributed by atoms with E-state index in [1.165, 1.54) is 6.08 Å². The van der Waals surface area contributed by atoms with Crippen LogP contribution in [0.15, 0.2) is 45.0 Å². The lowest BCUT2D eigenvalue weighted by molar-refractivity contribution is -0.434. The van der Waals surface area contributed by atoms with Gasteiger partial charge in [0.2, 0.25) is 6.10 Å². The van der Waals surface area contributed by atoms with Crippen molar-refractivity contribution in [2.24, 2.45) is 0 Å². The van der Waals surface area contributed by atoms with E-state index in [0.29, 0.717) is 31.4 Å². The van der Waals surface area contributed by atoms with Crippen LogP contribution in [0, 0.1) is 10.1 Å². The van der Waals surface area contributed by atoms with Gasteiger partial charge in [-0.15, -0.1) is 0 Å². The van der Waals surface area contributed by atoms with Crippen molar-refractivity contribution >= 4 is 61.1 Å². The van der Waals surface area contributed by atoms with Gasteiger partial charge in [0.15, 0.2) is 0 Å². The molecule has 1 aliphatic heterocycles. The van der Waals surface area contributed by atoms with Crippen LogP contribution >= 0.6 is 55.1 Å². The second-order valence-electron chi connectivity index (χ2n) is 4.77. The van der Waals surface area contributed by atoms with Gasteiger partial charge in [-0.3, -0.25) is 10.1 Å². The van der Waals surface area contributed by atoms with Crippen LogP contribution in [0.5, 0.6) is 5.75 Å². The van der Waals surface area contributed by atoms with Gasteiger partial charge in [-0.05, 0) is 40.2 Å². The predicted octanol–water partition coefficient (Wildman–Crippen LogP) is 6.27. The molecule has 3 rings (SSSR count). The molecule has 0 aromatic heterocycles. The lowest BCUT2D eigenvalue weighted by Crippen LogP contribution is -2.20. The molecule has 0 spiro atoms. The Balaban J connectivity index is 2.22. The van der Waals surface area contributed by atoms with Gasteiger partial charge in [-0.2, -0.15) is 0 Å². The molecule has 0 bridgehead atoms. The quantitative estimate of drug-likeness (QED) is 0.377. The normalized spacial score (nSPS) is 16.3. The van der Waals surface area contributed by atoms with Crippen LogP contribution in [0.4, 0.5) is 0 Å². The molecular formula is C15H7Br2Cl2NO3. The molecule has 2 aromatic rings. The maximum Gasteiger partial charge on any atom is 0.291 e. The van der Waals surface area contributed by atoms with Crippen molar-refractivity contribution in [3.63, 3.8) is 0 Å². The van der Waals surface area contributed by atoms with Crippen molar-refractivity contribution in [2.75, 3.05) is 0 Å². The Hall–Kier alpha value is -1.08. The first-order valence-electron chi connectivity index (χ1n) is 6.34. The van der Waals surface area contributed by atoms with E-state index in [4.69, 9.17) is 27.9 Å². The van der Waals surface area contributed by atoms with Crippen molar-refractivity contribution in [3.8, 4) is 5.75 Å². The highest BCUT2D eigenvalue weighted by Gasteiger charge is 2.36.